The number of rotatable bonds is 6. The second-order valence-corrected chi connectivity index (χ2v) is 11.9. The predicted molar refractivity (Wildman–Crippen MR) is 148 cm³/mol. The number of aryl methyl sites for hydroxylation is 1. The summed E-state index contributed by atoms with van der Waals surface area (Å²) in [6, 6.07) is 10.0. The number of hydrogen-bond acceptors (Lipinski definition) is 6. The Kier molecular flexibility index (Phi) is 6.30. The largest absolute Gasteiger partial charge is 0.338 e. The van der Waals surface area contributed by atoms with Crippen molar-refractivity contribution in [2.45, 2.75) is 25.8 Å². The average molecular weight is 604 g/mol. The lowest BCUT2D eigenvalue weighted by Gasteiger charge is -2.20. The maximum absolute atomic E-state index is 14.8. The van der Waals surface area contributed by atoms with Crippen molar-refractivity contribution in [2.24, 2.45) is 7.05 Å². The minimum Gasteiger partial charge on any atom is -0.338 e. The van der Waals surface area contributed by atoms with Gasteiger partial charge in [-0.1, -0.05) is 15.9 Å². The standard InChI is InChI=1S/C25H23BrFN5O5S/c1-13-21-20(22(30(2)23(13)33)28-19-11-4-14(26)12-18(19)27)24(34)32(17-9-10-17)25(35)31(21)16-7-5-15(6-8-16)29-38(3,36)37/h4-8,11-12,17,28-29H,9-10H2,1-3H3. The maximum atomic E-state index is 14.8. The maximum Gasteiger partial charge on any atom is 0.336 e. The molecule has 0 radical (unpaired) electrons. The lowest BCUT2D eigenvalue weighted by atomic mass is 10.1. The summed E-state index contributed by atoms with van der Waals surface area (Å²) in [5, 5.41) is 2.95. The van der Waals surface area contributed by atoms with Crippen LogP contribution >= 0.6 is 15.9 Å². The highest BCUT2D eigenvalue weighted by atomic mass is 79.9. The SMILES string of the molecule is Cc1c(=O)n(C)c(Nc2ccc(Br)cc2F)c2c(=O)n(C3CC3)c(=O)n(-c3ccc(NS(C)(=O)=O)cc3)c12. The van der Waals surface area contributed by atoms with Crippen LogP contribution in [0.25, 0.3) is 16.6 Å². The molecule has 1 aliphatic carbocycles. The van der Waals surface area contributed by atoms with Gasteiger partial charge in [0.15, 0.2) is 0 Å². The Morgan fingerprint density at radius 1 is 1.03 bits per heavy atom. The highest BCUT2D eigenvalue weighted by molar-refractivity contribution is 9.10. The van der Waals surface area contributed by atoms with Gasteiger partial charge in [0.05, 0.1) is 23.1 Å². The molecule has 1 aliphatic rings. The fraction of sp³-hybridized carbons (Fsp3) is 0.240. The van der Waals surface area contributed by atoms with Crippen molar-refractivity contribution in [2.75, 3.05) is 16.3 Å². The van der Waals surface area contributed by atoms with E-state index < -0.39 is 32.6 Å². The minimum atomic E-state index is -3.52. The van der Waals surface area contributed by atoms with Crippen LogP contribution in [0.5, 0.6) is 0 Å². The molecule has 1 saturated carbocycles. The van der Waals surface area contributed by atoms with Crippen molar-refractivity contribution in [3.05, 3.63) is 89.5 Å². The number of anilines is 3. The number of nitrogens with zero attached hydrogens (tertiary/aromatic N) is 3. The summed E-state index contributed by atoms with van der Waals surface area (Å²) in [6.07, 6.45) is 2.31. The number of nitrogens with one attached hydrogen (secondary N) is 2. The third kappa shape index (κ3) is 4.56. The van der Waals surface area contributed by atoms with Gasteiger partial charge in [0, 0.05) is 28.8 Å². The van der Waals surface area contributed by atoms with Gasteiger partial charge in [-0.25, -0.2) is 17.6 Å². The molecule has 0 bridgehead atoms. The number of fused-ring (bicyclic) bond motifs is 1. The first kappa shape index (κ1) is 25.9. The zero-order valence-electron chi connectivity index (χ0n) is 20.6. The molecule has 0 saturated heterocycles. The number of pyridine rings is 1. The van der Waals surface area contributed by atoms with Gasteiger partial charge in [-0.2, -0.15) is 0 Å². The Morgan fingerprint density at radius 2 is 1.68 bits per heavy atom. The first-order chi connectivity index (χ1) is 17.9. The van der Waals surface area contributed by atoms with Crippen LogP contribution in [0.15, 0.2) is 61.3 Å². The van der Waals surface area contributed by atoms with Crippen molar-refractivity contribution in [3.8, 4) is 5.69 Å². The number of aromatic nitrogens is 3. The molecule has 198 valence electrons. The fourth-order valence-electron chi connectivity index (χ4n) is 4.47. The van der Waals surface area contributed by atoms with Gasteiger partial charge in [-0.05, 0) is 62.2 Å². The van der Waals surface area contributed by atoms with E-state index in [-0.39, 0.29) is 39.7 Å². The number of hydrogen-bond donors (Lipinski definition) is 2. The van der Waals surface area contributed by atoms with E-state index in [2.05, 4.69) is 26.0 Å². The van der Waals surface area contributed by atoms with Crippen LogP contribution in [0.1, 0.15) is 24.4 Å². The molecule has 5 rings (SSSR count). The highest BCUT2D eigenvalue weighted by Gasteiger charge is 2.31. The molecular formula is C25H23BrFN5O5S. The molecule has 2 N–H and O–H groups in total. The quantitative estimate of drug-likeness (QED) is 0.347. The van der Waals surface area contributed by atoms with Crippen molar-refractivity contribution < 1.29 is 12.8 Å². The second-order valence-electron chi connectivity index (χ2n) is 9.26. The molecule has 0 atom stereocenters. The summed E-state index contributed by atoms with van der Waals surface area (Å²) in [5.41, 5.74) is -0.799. The third-order valence-corrected chi connectivity index (χ3v) is 7.47. The Labute approximate surface area is 224 Å². The molecule has 2 aromatic heterocycles. The van der Waals surface area contributed by atoms with E-state index in [1.165, 1.54) is 59.5 Å². The molecule has 1 fully saturated rings. The molecular weight excluding hydrogens is 581 g/mol. The Morgan fingerprint density at radius 3 is 2.26 bits per heavy atom. The minimum absolute atomic E-state index is 0.0414. The number of halogens is 2. The summed E-state index contributed by atoms with van der Waals surface area (Å²) in [7, 11) is -2.05. The molecule has 0 spiro atoms. The van der Waals surface area contributed by atoms with Crippen molar-refractivity contribution >= 4 is 54.0 Å². The smallest absolute Gasteiger partial charge is 0.336 e. The predicted octanol–water partition coefficient (Wildman–Crippen LogP) is 3.51. The summed E-state index contributed by atoms with van der Waals surface area (Å²) in [5.74, 6) is -0.564. The van der Waals surface area contributed by atoms with Gasteiger partial charge < -0.3 is 5.32 Å². The molecule has 0 unspecified atom stereocenters. The van der Waals surface area contributed by atoms with Crippen LogP contribution in [0.4, 0.5) is 21.6 Å². The van der Waals surface area contributed by atoms with Gasteiger partial charge in [0.1, 0.15) is 17.0 Å². The second kappa shape index (κ2) is 9.24. The van der Waals surface area contributed by atoms with E-state index >= 15 is 0 Å². The summed E-state index contributed by atoms with van der Waals surface area (Å²) >= 11 is 3.21. The fourth-order valence-corrected chi connectivity index (χ4v) is 5.36. The van der Waals surface area contributed by atoms with Crippen LogP contribution < -0.4 is 26.8 Å². The summed E-state index contributed by atoms with van der Waals surface area (Å²) in [4.78, 5) is 40.8. The van der Waals surface area contributed by atoms with E-state index in [0.29, 0.717) is 23.0 Å². The summed E-state index contributed by atoms with van der Waals surface area (Å²) in [6.45, 7) is 1.52. The zero-order valence-corrected chi connectivity index (χ0v) is 23.0. The van der Waals surface area contributed by atoms with Gasteiger partial charge in [-0.3, -0.25) is 28.0 Å². The highest BCUT2D eigenvalue weighted by Crippen LogP contribution is 2.34. The van der Waals surface area contributed by atoms with Crippen LogP contribution in [0.3, 0.4) is 0 Å². The third-order valence-electron chi connectivity index (χ3n) is 6.37. The van der Waals surface area contributed by atoms with Crippen molar-refractivity contribution in [3.63, 3.8) is 0 Å². The molecule has 0 aliphatic heterocycles. The van der Waals surface area contributed by atoms with E-state index in [9.17, 15) is 27.2 Å². The lowest BCUT2D eigenvalue weighted by molar-refractivity contribution is 0.607. The normalized spacial score (nSPS) is 13.6. The van der Waals surface area contributed by atoms with E-state index in [1.54, 1.807) is 6.07 Å². The topological polar surface area (TPSA) is 124 Å². The van der Waals surface area contributed by atoms with Gasteiger partial charge >= 0.3 is 5.69 Å². The Hall–Kier alpha value is -3.71. The van der Waals surface area contributed by atoms with Crippen molar-refractivity contribution in [1.29, 1.82) is 0 Å². The zero-order chi connectivity index (χ0) is 27.5. The average Bonchev–Trinajstić information content (AvgIpc) is 3.67. The first-order valence-corrected chi connectivity index (χ1v) is 14.3. The number of benzene rings is 2. The van der Waals surface area contributed by atoms with E-state index in [4.69, 9.17) is 0 Å². The van der Waals surface area contributed by atoms with E-state index in [1.807, 2.05) is 0 Å². The Balaban J connectivity index is 1.85. The monoisotopic (exact) mass is 603 g/mol. The van der Waals surface area contributed by atoms with Crippen LogP contribution in [-0.4, -0.2) is 28.4 Å². The molecule has 10 nitrogen and oxygen atoms in total. The molecule has 13 heteroatoms. The molecule has 4 aromatic rings. The molecule has 38 heavy (non-hydrogen) atoms. The van der Waals surface area contributed by atoms with Gasteiger partial charge in [-0.15, -0.1) is 0 Å². The molecule has 2 heterocycles. The van der Waals surface area contributed by atoms with Gasteiger partial charge in [0.25, 0.3) is 11.1 Å². The summed E-state index contributed by atoms with van der Waals surface area (Å²) < 4.78 is 44.5. The van der Waals surface area contributed by atoms with Crippen LogP contribution in [-0.2, 0) is 17.1 Å². The number of sulfonamides is 1. The molecule has 2 aromatic carbocycles. The lowest BCUT2D eigenvalue weighted by Crippen LogP contribution is -2.41. The first-order valence-electron chi connectivity index (χ1n) is 11.6. The van der Waals surface area contributed by atoms with E-state index in [0.717, 1.165) is 10.8 Å². The van der Waals surface area contributed by atoms with Crippen molar-refractivity contribution in [1.82, 2.24) is 13.7 Å². The van der Waals surface area contributed by atoms with Crippen LogP contribution in [0, 0.1) is 12.7 Å². The van der Waals surface area contributed by atoms with Gasteiger partial charge in [0.2, 0.25) is 10.0 Å². The molecule has 0 amide bonds. The Bertz CT molecular complexity index is 1910. The van der Waals surface area contributed by atoms with Crippen LogP contribution in [0.2, 0.25) is 0 Å².